The smallest absolute Gasteiger partial charge is 0.240 e. The van der Waals surface area contributed by atoms with Gasteiger partial charge >= 0.3 is 0 Å². The molecule has 0 radical (unpaired) electrons. The summed E-state index contributed by atoms with van der Waals surface area (Å²) in [7, 11) is 0. The summed E-state index contributed by atoms with van der Waals surface area (Å²) in [5.41, 5.74) is 7.67. The number of carbonyl (C=O) groups excluding carboxylic acids is 2. The van der Waals surface area contributed by atoms with Crippen LogP contribution in [0.4, 0.5) is 11.4 Å². The van der Waals surface area contributed by atoms with Gasteiger partial charge in [0.2, 0.25) is 11.8 Å². The second kappa shape index (κ2) is 5.17. The van der Waals surface area contributed by atoms with Gasteiger partial charge in [0.1, 0.15) is 0 Å². The summed E-state index contributed by atoms with van der Waals surface area (Å²) >= 11 is 0. The second-order valence-electron chi connectivity index (χ2n) is 6.45. The molecular weight excluding hydrogens is 264 g/mol. The lowest BCUT2D eigenvalue weighted by Gasteiger charge is -2.25. The van der Waals surface area contributed by atoms with Gasteiger partial charge in [-0.25, -0.2) is 4.90 Å². The zero-order valence-corrected chi connectivity index (χ0v) is 12.5. The minimum absolute atomic E-state index is 0.0161. The highest BCUT2D eigenvalue weighted by Gasteiger charge is 2.51. The molecule has 1 aromatic carbocycles. The fraction of sp³-hybridized carbons (Fsp3) is 0.529. The lowest BCUT2D eigenvalue weighted by atomic mass is 9.79. The normalized spacial score (nSPS) is 21.9. The molecule has 4 nitrogen and oxygen atoms in total. The first kappa shape index (κ1) is 14.1. The van der Waals surface area contributed by atoms with Gasteiger partial charge in [-0.15, -0.1) is 0 Å². The third kappa shape index (κ3) is 2.33. The summed E-state index contributed by atoms with van der Waals surface area (Å²) < 4.78 is 0. The van der Waals surface area contributed by atoms with Crippen molar-refractivity contribution in [3.8, 4) is 0 Å². The molecule has 3 rings (SSSR count). The Kier molecular flexibility index (Phi) is 3.47. The van der Waals surface area contributed by atoms with E-state index in [0.717, 1.165) is 31.2 Å². The number of imide groups is 1. The van der Waals surface area contributed by atoms with Crippen molar-refractivity contribution in [3.63, 3.8) is 0 Å². The van der Waals surface area contributed by atoms with Crippen LogP contribution >= 0.6 is 0 Å². The van der Waals surface area contributed by atoms with Crippen LogP contribution in [0.3, 0.4) is 0 Å². The topological polar surface area (TPSA) is 63.4 Å². The maximum absolute atomic E-state index is 12.9. The number of hydrogen-bond acceptors (Lipinski definition) is 3. The summed E-state index contributed by atoms with van der Waals surface area (Å²) in [6, 6.07) is 5.42. The van der Waals surface area contributed by atoms with E-state index in [9.17, 15) is 9.59 Å². The van der Waals surface area contributed by atoms with Gasteiger partial charge in [0, 0.05) is 12.1 Å². The van der Waals surface area contributed by atoms with E-state index >= 15 is 0 Å². The zero-order valence-electron chi connectivity index (χ0n) is 12.5. The fourth-order valence-corrected chi connectivity index (χ4v) is 3.62. The Morgan fingerprint density at radius 1 is 1.10 bits per heavy atom. The number of nitrogens with zero attached hydrogens (tertiary/aromatic N) is 1. The van der Waals surface area contributed by atoms with Crippen molar-refractivity contribution in [1.29, 1.82) is 0 Å². The van der Waals surface area contributed by atoms with Crippen molar-refractivity contribution >= 4 is 23.2 Å². The molecule has 1 spiro atoms. The molecule has 1 aliphatic heterocycles. The van der Waals surface area contributed by atoms with Crippen LogP contribution in [-0.4, -0.2) is 11.8 Å². The van der Waals surface area contributed by atoms with Gasteiger partial charge < -0.3 is 5.73 Å². The molecule has 21 heavy (non-hydrogen) atoms. The van der Waals surface area contributed by atoms with E-state index in [1.807, 2.05) is 19.1 Å². The number of amides is 2. The monoisotopic (exact) mass is 286 g/mol. The van der Waals surface area contributed by atoms with Gasteiger partial charge in [0.25, 0.3) is 0 Å². The predicted molar refractivity (Wildman–Crippen MR) is 82.8 cm³/mol. The molecule has 2 aliphatic rings. The number of anilines is 2. The maximum atomic E-state index is 12.9. The van der Waals surface area contributed by atoms with Crippen molar-refractivity contribution in [2.75, 3.05) is 10.6 Å². The van der Waals surface area contributed by atoms with Crippen molar-refractivity contribution in [2.45, 2.75) is 51.9 Å². The lowest BCUT2D eigenvalue weighted by Crippen LogP contribution is -2.35. The van der Waals surface area contributed by atoms with Crippen LogP contribution in [0.2, 0.25) is 0 Å². The molecule has 2 fully saturated rings. The summed E-state index contributed by atoms with van der Waals surface area (Å²) in [6.07, 6.45) is 6.47. The highest BCUT2D eigenvalue weighted by molar-refractivity contribution is 6.22. The Bertz CT molecular complexity index is 586. The maximum Gasteiger partial charge on any atom is 0.240 e. The van der Waals surface area contributed by atoms with E-state index < -0.39 is 5.41 Å². The molecular formula is C17H22N2O2. The van der Waals surface area contributed by atoms with E-state index in [4.69, 9.17) is 5.73 Å². The van der Waals surface area contributed by atoms with Gasteiger partial charge in [-0.3, -0.25) is 9.59 Å². The van der Waals surface area contributed by atoms with E-state index in [-0.39, 0.29) is 11.8 Å². The van der Waals surface area contributed by atoms with Crippen LogP contribution in [0.15, 0.2) is 18.2 Å². The van der Waals surface area contributed by atoms with Crippen LogP contribution in [0.5, 0.6) is 0 Å². The zero-order chi connectivity index (χ0) is 15.0. The first-order valence-electron chi connectivity index (χ1n) is 7.77. The highest BCUT2D eigenvalue weighted by atomic mass is 16.2. The largest absolute Gasteiger partial charge is 0.398 e. The van der Waals surface area contributed by atoms with Crippen molar-refractivity contribution in [3.05, 3.63) is 23.8 Å². The predicted octanol–water partition coefficient (Wildman–Crippen LogP) is 3.18. The van der Waals surface area contributed by atoms with Gasteiger partial charge in [0.05, 0.1) is 11.1 Å². The Morgan fingerprint density at radius 2 is 1.76 bits per heavy atom. The van der Waals surface area contributed by atoms with Crippen LogP contribution in [0, 0.1) is 12.3 Å². The average molecular weight is 286 g/mol. The Morgan fingerprint density at radius 3 is 2.38 bits per heavy atom. The average Bonchev–Trinajstić information content (AvgIpc) is 2.61. The SMILES string of the molecule is Cc1ccc(N2C(=O)CC3(CCCCCC3)C2=O)cc1N. The summed E-state index contributed by atoms with van der Waals surface area (Å²) in [5.74, 6) is -0.0946. The third-order valence-corrected chi connectivity index (χ3v) is 4.98. The van der Waals surface area contributed by atoms with E-state index in [1.165, 1.54) is 17.7 Å². The number of nitrogen functional groups attached to an aromatic ring is 1. The first-order valence-corrected chi connectivity index (χ1v) is 7.77. The molecule has 0 atom stereocenters. The Balaban J connectivity index is 1.94. The number of hydrogen-bond donors (Lipinski definition) is 1. The third-order valence-electron chi connectivity index (χ3n) is 4.98. The van der Waals surface area contributed by atoms with Crippen molar-refractivity contribution in [1.82, 2.24) is 0 Å². The Labute approximate surface area is 125 Å². The number of nitrogens with two attached hydrogens (primary N) is 1. The van der Waals surface area contributed by atoms with Crippen LogP contribution in [0.25, 0.3) is 0 Å². The molecule has 1 saturated heterocycles. The molecule has 0 aromatic heterocycles. The standard InChI is InChI=1S/C17H22N2O2/c1-12-6-7-13(10-14(12)18)19-15(20)11-17(16(19)21)8-4-2-3-5-9-17/h6-7,10H,2-5,8-9,11,18H2,1H3. The van der Waals surface area contributed by atoms with E-state index in [2.05, 4.69) is 0 Å². The molecule has 0 bridgehead atoms. The van der Waals surface area contributed by atoms with E-state index in [0.29, 0.717) is 17.8 Å². The molecule has 1 saturated carbocycles. The fourth-order valence-electron chi connectivity index (χ4n) is 3.62. The minimum Gasteiger partial charge on any atom is -0.398 e. The van der Waals surface area contributed by atoms with Gasteiger partial charge in [-0.05, 0) is 37.5 Å². The first-order chi connectivity index (χ1) is 10.0. The highest BCUT2D eigenvalue weighted by Crippen LogP contribution is 2.45. The van der Waals surface area contributed by atoms with Crippen LogP contribution in [0.1, 0.15) is 50.5 Å². The lowest BCUT2D eigenvalue weighted by molar-refractivity contribution is -0.126. The van der Waals surface area contributed by atoms with Gasteiger partial charge in [-0.2, -0.15) is 0 Å². The van der Waals surface area contributed by atoms with Crippen molar-refractivity contribution < 1.29 is 9.59 Å². The van der Waals surface area contributed by atoms with E-state index in [1.54, 1.807) is 6.07 Å². The molecule has 1 aliphatic carbocycles. The molecule has 1 heterocycles. The molecule has 112 valence electrons. The van der Waals surface area contributed by atoms with Crippen LogP contribution < -0.4 is 10.6 Å². The quantitative estimate of drug-likeness (QED) is 0.637. The number of carbonyl (C=O) groups is 2. The number of aryl methyl sites for hydroxylation is 1. The summed E-state index contributed by atoms with van der Waals surface area (Å²) in [6.45, 7) is 1.92. The summed E-state index contributed by atoms with van der Waals surface area (Å²) in [4.78, 5) is 26.7. The van der Waals surface area contributed by atoms with Crippen LogP contribution in [-0.2, 0) is 9.59 Å². The van der Waals surface area contributed by atoms with Gasteiger partial charge in [-0.1, -0.05) is 31.7 Å². The number of benzene rings is 1. The molecule has 2 N–H and O–H groups in total. The molecule has 1 aromatic rings. The minimum atomic E-state index is -0.451. The summed E-state index contributed by atoms with van der Waals surface area (Å²) in [5, 5.41) is 0. The van der Waals surface area contributed by atoms with Crippen molar-refractivity contribution in [2.24, 2.45) is 5.41 Å². The number of rotatable bonds is 1. The molecule has 0 unspecified atom stereocenters. The Hall–Kier alpha value is -1.84. The molecule has 4 heteroatoms. The molecule has 2 amide bonds. The second-order valence-corrected chi connectivity index (χ2v) is 6.45. The van der Waals surface area contributed by atoms with Gasteiger partial charge in [0.15, 0.2) is 0 Å².